The quantitative estimate of drug-likeness (QED) is 0.844. The molecular formula is C14H21ClFN. The molecule has 0 heterocycles. The molecule has 17 heavy (non-hydrogen) atoms. The molecule has 1 rings (SSSR count). The largest absolute Gasteiger partial charge is 0.319 e. The Morgan fingerprint density at radius 1 is 1.41 bits per heavy atom. The van der Waals surface area contributed by atoms with Crippen LogP contribution in [0.1, 0.15) is 26.3 Å². The highest BCUT2D eigenvalue weighted by molar-refractivity contribution is 6.30. The fourth-order valence-corrected chi connectivity index (χ4v) is 2.19. The van der Waals surface area contributed by atoms with Crippen molar-refractivity contribution in [3.63, 3.8) is 0 Å². The van der Waals surface area contributed by atoms with Crippen LogP contribution in [0.3, 0.4) is 0 Å². The summed E-state index contributed by atoms with van der Waals surface area (Å²) in [5.74, 6) is 0.186. The first-order valence-corrected chi connectivity index (χ1v) is 6.36. The fourth-order valence-electron chi connectivity index (χ4n) is 1.99. The van der Waals surface area contributed by atoms with Gasteiger partial charge in [0.25, 0.3) is 0 Å². The van der Waals surface area contributed by atoms with Gasteiger partial charge in [0, 0.05) is 6.54 Å². The summed E-state index contributed by atoms with van der Waals surface area (Å²) in [6.07, 6.45) is 0.692. The van der Waals surface area contributed by atoms with Crippen molar-refractivity contribution in [1.29, 1.82) is 0 Å². The highest BCUT2D eigenvalue weighted by atomic mass is 35.5. The number of halogens is 2. The van der Waals surface area contributed by atoms with Gasteiger partial charge >= 0.3 is 0 Å². The zero-order valence-corrected chi connectivity index (χ0v) is 11.7. The second-order valence-electron chi connectivity index (χ2n) is 5.23. The molecule has 3 heteroatoms. The zero-order valence-electron chi connectivity index (χ0n) is 11.0. The summed E-state index contributed by atoms with van der Waals surface area (Å²) >= 11 is 5.81. The van der Waals surface area contributed by atoms with E-state index in [0.717, 1.165) is 6.54 Å². The SMILES string of the molecule is CNCC(C)(Cc1cccc(Cl)c1F)C(C)C. The molecule has 0 aliphatic carbocycles. The predicted molar refractivity (Wildman–Crippen MR) is 72.0 cm³/mol. The third-order valence-corrected chi connectivity index (χ3v) is 3.89. The lowest BCUT2D eigenvalue weighted by molar-refractivity contribution is 0.210. The van der Waals surface area contributed by atoms with Crippen LogP contribution in [-0.2, 0) is 6.42 Å². The minimum absolute atomic E-state index is 0.0280. The van der Waals surface area contributed by atoms with Gasteiger partial charge in [-0.05, 0) is 36.4 Å². The van der Waals surface area contributed by atoms with Gasteiger partial charge in [0.1, 0.15) is 5.82 Å². The molecule has 1 N–H and O–H groups in total. The van der Waals surface area contributed by atoms with Crippen LogP contribution < -0.4 is 5.32 Å². The van der Waals surface area contributed by atoms with Crippen molar-refractivity contribution in [2.24, 2.45) is 11.3 Å². The Hall–Kier alpha value is -0.600. The van der Waals surface area contributed by atoms with E-state index in [-0.39, 0.29) is 16.3 Å². The van der Waals surface area contributed by atoms with E-state index in [1.165, 1.54) is 0 Å². The second kappa shape index (κ2) is 5.83. The summed E-state index contributed by atoms with van der Waals surface area (Å²) < 4.78 is 13.9. The first-order valence-electron chi connectivity index (χ1n) is 5.98. The van der Waals surface area contributed by atoms with Crippen LogP contribution in [0.4, 0.5) is 4.39 Å². The van der Waals surface area contributed by atoms with Crippen molar-refractivity contribution in [1.82, 2.24) is 5.32 Å². The minimum atomic E-state index is -0.280. The molecule has 0 bridgehead atoms. The predicted octanol–water partition coefficient (Wildman–Crippen LogP) is 3.90. The number of nitrogens with one attached hydrogen (secondary N) is 1. The summed E-state index contributed by atoms with van der Waals surface area (Å²) in [6, 6.07) is 5.21. The minimum Gasteiger partial charge on any atom is -0.319 e. The second-order valence-corrected chi connectivity index (χ2v) is 5.64. The van der Waals surface area contributed by atoms with E-state index in [0.29, 0.717) is 17.9 Å². The lowest BCUT2D eigenvalue weighted by Crippen LogP contribution is -2.36. The molecule has 1 aromatic rings. The maximum atomic E-state index is 13.9. The van der Waals surface area contributed by atoms with E-state index in [2.05, 4.69) is 26.1 Å². The molecule has 0 saturated heterocycles. The summed E-state index contributed by atoms with van der Waals surface area (Å²) in [5.41, 5.74) is 0.726. The molecule has 0 aliphatic heterocycles. The Kier molecular flexibility index (Phi) is 4.96. The highest BCUT2D eigenvalue weighted by Gasteiger charge is 2.29. The Labute approximate surface area is 108 Å². The number of hydrogen-bond donors (Lipinski definition) is 1. The molecule has 1 aromatic carbocycles. The molecule has 1 nitrogen and oxygen atoms in total. The molecule has 1 atom stereocenters. The number of hydrogen-bond acceptors (Lipinski definition) is 1. The van der Waals surface area contributed by atoms with Gasteiger partial charge < -0.3 is 5.32 Å². The monoisotopic (exact) mass is 257 g/mol. The van der Waals surface area contributed by atoms with E-state index in [1.54, 1.807) is 12.1 Å². The lowest BCUT2D eigenvalue weighted by atomic mass is 9.74. The molecule has 0 radical (unpaired) electrons. The Balaban J connectivity index is 2.98. The Bertz CT molecular complexity index is 378. The molecule has 0 aliphatic rings. The number of benzene rings is 1. The van der Waals surface area contributed by atoms with Crippen molar-refractivity contribution in [2.75, 3.05) is 13.6 Å². The van der Waals surface area contributed by atoms with Gasteiger partial charge in [0.2, 0.25) is 0 Å². The molecule has 0 aromatic heterocycles. The molecule has 0 spiro atoms. The standard InChI is InChI=1S/C14H21ClFN/c1-10(2)14(3,9-17-4)8-11-6-5-7-12(15)13(11)16/h5-7,10,17H,8-9H2,1-4H3. The van der Waals surface area contributed by atoms with Crippen molar-refractivity contribution in [2.45, 2.75) is 27.2 Å². The third kappa shape index (κ3) is 3.43. The molecule has 0 amide bonds. The average Bonchev–Trinajstić information content (AvgIpc) is 2.25. The van der Waals surface area contributed by atoms with Crippen molar-refractivity contribution in [3.05, 3.63) is 34.6 Å². The summed E-state index contributed by atoms with van der Waals surface area (Å²) in [7, 11) is 1.93. The van der Waals surface area contributed by atoms with Crippen molar-refractivity contribution in [3.8, 4) is 0 Å². The molecule has 0 saturated carbocycles. The van der Waals surface area contributed by atoms with Crippen LogP contribution in [-0.4, -0.2) is 13.6 Å². The third-order valence-electron chi connectivity index (χ3n) is 3.60. The fraction of sp³-hybridized carbons (Fsp3) is 0.571. The van der Waals surface area contributed by atoms with Crippen LogP contribution in [0.5, 0.6) is 0 Å². The van der Waals surface area contributed by atoms with Crippen LogP contribution in [0.15, 0.2) is 18.2 Å². The lowest BCUT2D eigenvalue weighted by Gasteiger charge is -2.34. The molecule has 96 valence electrons. The molecular weight excluding hydrogens is 237 g/mol. The number of rotatable bonds is 5. The normalized spacial score (nSPS) is 15.0. The van der Waals surface area contributed by atoms with Gasteiger partial charge in [-0.3, -0.25) is 0 Å². The maximum Gasteiger partial charge on any atom is 0.144 e. The van der Waals surface area contributed by atoms with Gasteiger partial charge in [-0.1, -0.05) is 44.5 Å². The van der Waals surface area contributed by atoms with E-state index in [1.807, 2.05) is 13.1 Å². The summed E-state index contributed by atoms with van der Waals surface area (Å²) in [4.78, 5) is 0. The highest BCUT2D eigenvalue weighted by Crippen LogP contribution is 2.32. The van der Waals surface area contributed by atoms with Crippen molar-refractivity contribution >= 4 is 11.6 Å². The smallest absolute Gasteiger partial charge is 0.144 e. The van der Waals surface area contributed by atoms with E-state index in [4.69, 9.17) is 11.6 Å². The molecule has 1 unspecified atom stereocenters. The average molecular weight is 258 g/mol. The van der Waals surface area contributed by atoms with Crippen LogP contribution in [0.2, 0.25) is 5.02 Å². The van der Waals surface area contributed by atoms with Gasteiger partial charge in [-0.15, -0.1) is 0 Å². The molecule has 0 fully saturated rings. The van der Waals surface area contributed by atoms with E-state index >= 15 is 0 Å². The van der Waals surface area contributed by atoms with Gasteiger partial charge in [0.05, 0.1) is 5.02 Å². The van der Waals surface area contributed by atoms with Gasteiger partial charge in [0.15, 0.2) is 0 Å². The van der Waals surface area contributed by atoms with E-state index in [9.17, 15) is 4.39 Å². The zero-order chi connectivity index (χ0) is 13.1. The summed E-state index contributed by atoms with van der Waals surface area (Å²) in [6.45, 7) is 7.37. The van der Waals surface area contributed by atoms with Crippen LogP contribution in [0, 0.1) is 17.2 Å². The maximum absolute atomic E-state index is 13.9. The van der Waals surface area contributed by atoms with E-state index < -0.39 is 0 Å². The Morgan fingerprint density at radius 2 is 2.06 bits per heavy atom. The van der Waals surface area contributed by atoms with Crippen LogP contribution in [0.25, 0.3) is 0 Å². The van der Waals surface area contributed by atoms with Crippen LogP contribution >= 0.6 is 11.6 Å². The first-order chi connectivity index (χ1) is 7.90. The van der Waals surface area contributed by atoms with Gasteiger partial charge in [-0.2, -0.15) is 0 Å². The van der Waals surface area contributed by atoms with Gasteiger partial charge in [-0.25, -0.2) is 4.39 Å². The Morgan fingerprint density at radius 3 is 2.59 bits per heavy atom. The summed E-state index contributed by atoms with van der Waals surface area (Å²) in [5, 5.41) is 3.40. The first kappa shape index (κ1) is 14.5. The van der Waals surface area contributed by atoms with Crippen molar-refractivity contribution < 1.29 is 4.39 Å². The topological polar surface area (TPSA) is 12.0 Å².